The van der Waals surface area contributed by atoms with E-state index in [0.29, 0.717) is 0 Å². The highest BCUT2D eigenvalue weighted by Crippen LogP contribution is 2.50. The van der Waals surface area contributed by atoms with Crippen molar-refractivity contribution in [1.29, 1.82) is 0 Å². The molecule has 2 saturated carbocycles. The molecule has 4 atom stereocenters. The zero-order valence-electron chi connectivity index (χ0n) is 7.71. The van der Waals surface area contributed by atoms with Gasteiger partial charge in [0.15, 0.2) is 0 Å². The van der Waals surface area contributed by atoms with E-state index in [1.54, 1.807) is 0 Å². The van der Waals surface area contributed by atoms with E-state index in [-0.39, 0.29) is 0 Å². The Kier molecular flexibility index (Phi) is 1.56. The van der Waals surface area contributed by atoms with Crippen LogP contribution in [0.2, 0.25) is 0 Å². The van der Waals surface area contributed by atoms with Gasteiger partial charge in [-0.3, -0.25) is 0 Å². The minimum absolute atomic E-state index is 0.990. The second kappa shape index (κ2) is 2.61. The number of hydrogen-bond donors (Lipinski definition) is 0. The summed E-state index contributed by atoms with van der Waals surface area (Å²) in [6.45, 7) is 0. The van der Waals surface area contributed by atoms with E-state index in [9.17, 15) is 0 Å². The molecule has 0 unspecified atom stereocenters. The zero-order chi connectivity index (χ0) is 7.97. The minimum Gasteiger partial charge on any atom is -0.0848 e. The van der Waals surface area contributed by atoms with Gasteiger partial charge in [-0.1, -0.05) is 25.0 Å². The number of hydrogen-bond acceptors (Lipinski definition) is 0. The highest BCUT2D eigenvalue weighted by atomic mass is 14.4. The Labute approximate surface area is 75.0 Å². The van der Waals surface area contributed by atoms with Gasteiger partial charge in [0.25, 0.3) is 0 Å². The Hall–Kier alpha value is -0.260. The van der Waals surface area contributed by atoms with Crippen LogP contribution in [0.5, 0.6) is 0 Å². The van der Waals surface area contributed by atoms with Crippen LogP contribution in [0.15, 0.2) is 12.2 Å². The van der Waals surface area contributed by atoms with Gasteiger partial charge in [-0.2, -0.15) is 0 Å². The lowest BCUT2D eigenvalue weighted by molar-refractivity contribution is 0.244. The van der Waals surface area contributed by atoms with E-state index in [0.717, 1.165) is 23.7 Å². The molecule has 66 valence electrons. The largest absolute Gasteiger partial charge is 0.0848 e. The van der Waals surface area contributed by atoms with Gasteiger partial charge in [-0.15, -0.1) is 0 Å². The van der Waals surface area contributed by atoms with Crippen LogP contribution in [-0.4, -0.2) is 0 Å². The molecule has 0 heterocycles. The van der Waals surface area contributed by atoms with Crippen LogP contribution in [0.25, 0.3) is 0 Å². The Morgan fingerprint density at radius 1 is 0.667 bits per heavy atom. The Morgan fingerprint density at radius 2 is 1.17 bits per heavy atom. The first-order chi connectivity index (χ1) is 5.95. The van der Waals surface area contributed by atoms with E-state index in [2.05, 4.69) is 12.2 Å². The maximum Gasteiger partial charge on any atom is -0.0202 e. The SMILES string of the molecule is C1=C[C@@H]2CCC[C@H]2[C@H]2CCC[C@@H]12. The molecule has 0 N–H and O–H groups in total. The summed E-state index contributed by atoms with van der Waals surface area (Å²) in [7, 11) is 0. The van der Waals surface area contributed by atoms with Crippen LogP contribution in [0, 0.1) is 23.7 Å². The smallest absolute Gasteiger partial charge is 0.0202 e. The monoisotopic (exact) mass is 162 g/mol. The standard InChI is InChI=1S/C12H18/c1-3-9-7-8-10-4-2-6-12(10)11(9)5-1/h7-12H,1-6H2/t9-,10-,11-,12+/m0/s1. The van der Waals surface area contributed by atoms with Crippen molar-refractivity contribution in [2.45, 2.75) is 38.5 Å². The number of allylic oxidation sites excluding steroid dienone is 2. The highest BCUT2D eigenvalue weighted by Gasteiger charge is 2.40. The van der Waals surface area contributed by atoms with Crippen molar-refractivity contribution < 1.29 is 0 Å². The second-order valence-corrected chi connectivity index (χ2v) is 4.90. The first-order valence-electron chi connectivity index (χ1n) is 5.63. The number of fused-ring (bicyclic) bond motifs is 3. The average molecular weight is 162 g/mol. The molecule has 0 nitrogen and oxygen atoms in total. The molecule has 0 saturated heterocycles. The summed E-state index contributed by atoms with van der Waals surface area (Å²) in [6.07, 6.45) is 14.2. The molecule has 0 amide bonds. The van der Waals surface area contributed by atoms with Crippen molar-refractivity contribution in [3.63, 3.8) is 0 Å². The third-order valence-corrected chi connectivity index (χ3v) is 4.41. The van der Waals surface area contributed by atoms with Gasteiger partial charge in [-0.05, 0) is 49.4 Å². The summed E-state index contributed by atoms with van der Waals surface area (Å²) in [5.41, 5.74) is 0. The zero-order valence-corrected chi connectivity index (χ0v) is 7.71. The molecule has 0 aliphatic heterocycles. The van der Waals surface area contributed by atoms with Gasteiger partial charge < -0.3 is 0 Å². The molecule has 0 aromatic heterocycles. The molecular formula is C12H18. The number of rotatable bonds is 0. The molecule has 0 heteroatoms. The predicted molar refractivity (Wildman–Crippen MR) is 50.8 cm³/mol. The molecule has 0 bridgehead atoms. The fourth-order valence-electron chi connectivity index (χ4n) is 3.86. The van der Waals surface area contributed by atoms with E-state index < -0.39 is 0 Å². The lowest BCUT2D eigenvalue weighted by Gasteiger charge is -2.31. The van der Waals surface area contributed by atoms with Crippen molar-refractivity contribution in [2.24, 2.45) is 23.7 Å². The quantitative estimate of drug-likeness (QED) is 0.479. The Bertz CT molecular complexity index is 182. The van der Waals surface area contributed by atoms with Crippen molar-refractivity contribution in [3.8, 4) is 0 Å². The summed E-state index contributed by atoms with van der Waals surface area (Å²) in [5, 5.41) is 0. The first-order valence-corrected chi connectivity index (χ1v) is 5.63. The van der Waals surface area contributed by atoms with Gasteiger partial charge in [0.2, 0.25) is 0 Å². The van der Waals surface area contributed by atoms with E-state index in [1.807, 2.05) is 0 Å². The summed E-state index contributed by atoms with van der Waals surface area (Å²) < 4.78 is 0. The van der Waals surface area contributed by atoms with Crippen molar-refractivity contribution >= 4 is 0 Å². The third kappa shape index (κ3) is 0.901. The predicted octanol–water partition coefficient (Wildman–Crippen LogP) is 3.39. The summed E-state index contributed by atoms with van der Waals surface area (Å²) in [4.78, 5) is 0. The lowest BCUT2D eigenvalue weighted by Crippen LogP contribution is -2.24. The molecule has 3 aliphatic rings. The fraction of sp³-hybridized carbons (Fsp3) is 0.833. The van der Waals surface area contributed by atoms with Crippen LogP contribution in [0.3, 0.4) is 0 Å². The van der Waals surface area contributed by atoms with E-state index in [4.69, 9.17) is 0 Å². The second-order valence-electron chi connectivity index (χ2n) is 4.90. The summed E-state index contributed by atoms with van der Waals surface area (Å²) in [6, 6.07) is 0. The molecule has 3 aliphatic carbocycles. The molecule has 0 aromatic carbocycles. The van der Waals surface area contributed by atoms with Crippen molar-refractivity contribution in [1.82, 2.24) is 0 Å². The highest BCUT2D eigenvalue weighted by molar-refractivity contribution is 5.08. The Morgan fingerprint density at radius 3 is 1.67 bits per heavy atom. The Balaban J connectivity index is 1.89. The molecular weight excluding hydrogens is 144 g/mol. The minimum atomic E-state index is 0.990. The summed E-state index contributed by atoms with van der Waals surface area (Å²) >= 11 is 0. The lowest BCUT2D eigenvalue weighted by atomic mass is 9.74. The summed E-state index contributed by atoms with van der Waals surface area (Å²) in [5.74, 6) is 4.18. The van der Waals surface area contributed by atoms with Crippen LogP contribution in [0.4, 0.5) is 0 Å². The maximum atomic E-state index is 2.55. The van der Waals surface area contributed by atoms with Gasteiger partial charge in [0.05, 0.1) is 0 Å². The van der Waals surface area contributed by atoms with Gasteiger partial charge in [-0.25, -0.2) is 0 Å². The van der Waals surface area contributed by atoms with E-state index in [1.165, 1.54) is 38.5 Å². The maximum absolute atomic E-state index is 2.55. The molecule has 12 heavy (non-hydrogen) atoms. The van der Waals surface area contributed by atoms with Crippen LogP contribution >= 0.6 is 0 Å². The topological polar surface area (TPSA) is 0 Å². The fourth-order valence-corrected chi connectivity index (χ4v) is 3.86. The van der Waals surface area contributed by atoms with Gasteiger partial charge >= 0.3 is 0 Å². The van der Waals surface area contributed by atoms with Crippen molar-refractivity contribution in [3.05, 3.63) is 12.2 Å². The third-order valence-electron chi connectivity index (χ3n) is 4.41. The molecule has 0 aromatic rings. The molecule has 0 radical (unpaired) electrons. The molecule has 2 fully saturated rings. The van der Waals surface area contributed by atoms with Crippen LogP contribution in [-0.2, 0) is 0 Å². The van der Waals surface area contributed by atoms with Crippen molar-refractivity contribution in [2.75, 3.05) is 0 Å². The molecule has 3 rings (SSSR count). The van der Waals surface area contributed by atoms with Crippen LogP contribution < -0.4 is 0 Å². The van der Waals surface area contributed by atoms with E-state index >= 15 is 0 Å². The van der Waals surface area contributed by atoms with Crippen LogP contribution in [0.1, 0.15) is 38.5 Å². The first kappa shape index (κ1) is 7.17. The van der Waals surface area contributed by atoms with Gasteiger partial charge in [0, 0.05) is 0 Å². The molecule has 0 spiro atoms. The van der Waals surface area contributed by atoms with Gasteiger partial charge in [0.1, 0.15) is 0 Å². The average Bonchev–Trinajstić information content (AvgIpc) is 2.71. The normalized spacial score (nSPS) is 50.7.